The number of carbonyl (C=O) groups excluding carboxylic acids is 1. The van der Waals surface area contributed by atoms with Gasteiger partial charge in [-0.1, -0.05) is 53.7 Å². The van der Waals surface area contributed by atoms with Crippen molar-refractivity contribution in [2.24, 2.45) is 0 Å². The first kappa shape index (κ1) is 18.7. The van der Waals surface area contributed by atoms with Crippen LogP contribution in [-0.4, -0.2) is 29.1 Å². The van der Waals surface area contributed by atoms with Gasteiger partial charge in [0.1, 0.15) is 0 Å². The van der Waals surface area contributed by atoms with Gasteiger partial charge in [-0.15, -0.1) is 0 Å². The second-order valence-electron chi connectivity index (χ2n) is 6.77. The lowest BCUT2D eigenvalue weighted by atomic mass is 10.1. The highest BCUT2D eigenvalue weighted by atomic mass is 16.5. The summed E-state index contributed by atoms with van der Waals surface area (Å²) in [6, 6.07) is 21.5. The fourth-order valence-corrected chi connectivity index (χ4v) is 3.20. The molecule has 2 aromatic heterocycles. The number of pyridine rings is 1. The molecule has 0 spiro atoms. The summed E-state index contributed by atoms with van der Waals surface area (Å²) in [5.74, 6) is -0.152. The van der Waals surface area contributed by atoms with Crippen LogP contribution in [0.25, 0.3) is 22.4 Å². The maximum atomic E-state index is 12.9. The third-order valence-corrected chi connectivity index (χ3v) is 4.67. The van der Waals surface area contributed by atoms with Crippen LogP contribution >= 0.6 is 0 Å². The molecule has 6 heteroatoms. The summed E-state index contributed by atoms with van der Waals surface area (Å²) in [6.45, 7) is 3.15. The molecule has 146 valence electrons. The van der Waals surface area contributed by atoms with Crippen LogP contribution in [-0.2, 0) is 0 Å². The number of fused-ring (bicyclic) bond motifs is 1. The van der Waals surface area contributed by atoms with E-state index in [0.29, 0.717) is 34.6 Å². The van der Waals surface area contributed by atoms with Crippen molar-refractivity contribution < 1.29 is 9.32 Å². The van der Waals surface area contributed by atoms with Crippen LogP contribution in [0.3, 0.4) is 0 Å². The van der Waals surface area contributed by atoms with Gasteiger partial charge in [0.25, 0.3) is 11.6 Å². The fraction of sp³-hybridized carbons (Fsp3) is 0.174. The zero-order valence-corrected chi connectivity index (χ0v) is 16.2. The number of rotatable bonds is 7. The molecule has 2 heterocycles. The first-order chi connectivity index (χ1) is 14.2. The summed E-state index contributed by atoms with van der Waals surface area (Å²) < 4.78 is 5.34. The minimum Gasteiger partial charge on any atom is -0.385 e. The Kier molecular flexibility index (Phi) is 5.52. The number of nitrogens with zero attached hydrogens (tertiary/aromatic N) is 2. The van der Waals surface area contributed by atoms with Gasteiger partial charge in [-0.25, -0.2) is 4.98 Å². The number of para-hydroxylation sites is 1. The molecule has 0 saturated carbocycles. The molecule has 0 aliphatic rings. The van der Waals surface area contributed by atoms with E-state index in [1.54, 1.807) is 6.07 Å². The van der Waals surface area contributed by atoms with Crippen molar-refractivity contribution in [1.29, 1.82) is 0 Å². The number of aryl methyl sites for hydroxylation is 1. The van der Waals surface area contributed by atoms with E-state index in [0.717, 1.165) is 24.2 Å². The molecule has 0 fully saturated rings. The third kappa shape index (κ3) is 4.27. The van der Waals surface area contributed by atoms with Gasteiger partial charge in [0.05, 0.1) is 22.3 Å². The molecule has 0 bridgehead atoms. The van der Waals surface area contributed by atoms with E-state index >= 15 is 0 Å². The van der Waals surface area contributed by atoms with Crippen LogP contribution in [0.4, 0.5) is 5.69 Å². The van der Waals surface area contributed by atoms with E-state index in [1.807, 2.05) is 67.6 Å². The number of nitrogens with one attached hydrogen (secondary N) is 2. The van der Waals surface area contributed by atoms with Gasteiger partial charge in [0.2, 0.25) is 0 Å². The highest BCUT2D eigenvalue weighted by Crippen LogP contribution is 2.26. The van der Waals surface area contributed by atoms with Crippen molar-refractivity contribution in [3.63, 3.8) is 0 Å². The van der Waals surface area contributed by atoms with Crippen molar-refractivity contribution in [3.8, 4) is 11.3 Å². The zero-order chi connectivity index (χ0) is 20.1. The summed E-state index contributed by atoms with van der Waals surface area (Å²) in [5, 5.41) is 11.0. The second-order valence-corrected chi connectivity index (χ2v) is 6.77. The van der Waals surface area contributed by atoms with E-state index in [4.69, 9.17) is 4.52 Å². The highest BCUT2D eigenvalue weighted by molar-refractivity contribution is 6.06. The molecule has 29 heavy (non-hydrogen) atoms. The van der Waals surface area contributed by atoms with E-state index in [1.165, 1.54) is 0 Å². The van der Waals surface area contributed by atoms with Gasteiger partial charge in [-0.3, -0.25) is 4.79 Å². The number of benzene rings is 2. The number of amides is 1. The number of hydrogen-bond donors (Lipinski definition) is 2. The molecule has 4 aromatic rings. The average molecular weight is 386 g/mol. The normalized spacial score (nSPS) is 10.8. The van der Waals surface area contributed by atoms with Crippen molar-refractivity contribution >= 4 is 22.7 Å². The molecule has 2 N–H and O–H groups in total. The van der Waals surface area contributed by atoms with Gasteiger partial charge in [-0.05, 0) is 31.5 Å². The molecule has 0 aliphatic heterocycles. The van der Waals surface area contributed by atoms with Crippen LogP contribution in [0.2, 0.25) is 0 Å². The van der Waals surface area contributed by atoms with Crippen molar-refractivity contribution in [3.05, 3.63) is 78.0 Å². The lowest BCUT2D eigenvalue weighted by Gasteiger charge is -2.09. The van der Waals surface area contributed by atoms with E-state index in [-0.39, 0.29) is 5.91 Å². The summed E-state index contributed by atoms with van der Waals surface area (Å²) in [4.78, 5) is 17.4. The standard InChI is InChI=1S/C23H22N4O2/c1-16-21-19(22(28)25-14-8-13-24-18-11-6-3-7-12-18)15-20(26-23(21)29-27-16)17-9-4-2-5-10-17/h2-7,9-12,15,24H,8,13-14H2,1H3,(H,25,28). The summed E-state index contributed by atoms with van der Waals surface area (Å²) in [5.41, 5.74) is 4.24. The Morgan fingerprint density at radius 2 is 1.72 bits per heavy atom. The number of anilines is 1. The van der Waals surface area contributed by atoms with Gasteiger partial charge in [-0.2, -0.15) is 0 Å². The Bertz CT molecular complexity index is 1110. The monoisotopic (exact) mass is 386 g/mol. The van der Waals surface area contributed by atoms with Crippen LogP contribution in [0.5, 0.6) is 0 Å². The minimum absolute atomic E-state index is 0.152. The molecule has 0 aliphatic carbocycles. The van der Waals surface area contributed by atoms with Gasteiger partial charge in [0.15, 0.2) is 0 Å². The maximum Gasteiger partial charge on any atom is 0.259 e. The second kappa shape index (κ2) is 8.56. The number of aromatic nitrogens is 2. The van der Waals surface area contributed by atoms with Gasteiger partial charge >= 0.3 is 0 Å². The molecular weight excluding hydrogens is 364 g/mol. The maximum absolute atomic E-state index is 12.9. The van der Waals surface area contributed by atoms with Gasteiger partial charge in [0, 0.05) is 24.3 Å². The Labute approximate surface area is 168 Å². The molecule has 2 aromatic carbocycles. The van der Waals surface area contributed by atoms with Gasteiger partial charge < -0.3 is 15.2 Å². The average Bonchev–Trinajstić information content (AvgIpc) is 3.15. The molecule has 0 saturated heterocycles. The highest BCUT2D eigenvalue weighted by Gasteiger charge is 2.19. The lowest BCUT2D eigenvalue weighted by molar-refractivity contribution is 0.0955. The third-order valence-electron chi connectivity index (χ3n) is 4.67. The molecule has 1 amide bonds. The largest absolute Gasteiger partial charge is 0.385 e. The Morgan fingerprint density at radius 1 is 1.00 bits per heavy atom. The Hall–Kier alpha value is -3.67. The Morgan fingerprint density at radius 3 is 2.48 bits per heavy atom. The summed E-state index contributed by atoms with van der Waals surface area (Å²) in [6.07, 6.45) is 0.809. The molecule has 0 radical (unpaired) electrons. The predicted molar refractivity (Wildman–Crippen MR) is 114 cm³/mol. The van der Waals surface area contributed by atoms with Crippen LogP contribution in [0, 0.1) is 6.92 Å². The molecule has 6 nitrogen and oxygen atoms in total. The first-order valence-electron chi connectivity index (χ1n) is 9.62. The van der Waals surface area contributed by atoms with Crippen LogP contribution < -0.4 is 10.6 Å². The smallest absolute Gasteiger partial charge is 0.259 e. The van der Waals surface area contributed by atoms with Crippen LogP contribution in [0.1, 0.15) is 22.5 Å². The van der Waals surface area contributed by atoms with Crippen LogP contribution in [0.15, 0.2) is 71.3 Å². The van der Waals surface area contributed by atoms with E-state index < -0.39 is 0 Å². The summed E-state index contributed by atoms with van der Waals surface area (Å²) in [7, 11) is 0. The quantitative estimate of drug-likeness (QED) is 0.459. The first-order valence-corrected chi connectivity index (χ1v) is 9.62. The topological polar surface area (TPSA) is 80.0 Å². The van der Waals surface area contributed by atoms with Crippen molar-refractivity contribution in [2.45, 2.75) is 13.3 Å². The number of carbonyl (C=O) groups is 1. The minimum atomic E-state index is -0.152. The molecular formula is C23H22N4O2. The number of hydrogen-bond acceptors (Lipinski definition) is 5. The summed E-state index contributed by atoms with van der Waals surface area (Å²) >= 11 is 0. The molecule has 4 rings (SSSR count). The predicted octanol–water partition coefficient (Wildman–Crippen LogP) is 4.43. The molecule has 0 atom stereocenters. The lowest BCUT2D eigenvalue weighted by Crippen LogP contribution is -2.26. The fourth-order valence-electron chi connectivity index (χ4n) is 3.20. The SMILES string of the molecule is Cc1noc2nc(-c3ccccc3)cc(C(=O)NCCCNc3ccccc3)c12. The van der Waals surface area contributed by atoms with Crippen molar-refractivity contribution in [2.75, 3.05) is 18.4 Å². The Balaban J connectivity index is 1.47. The van der Waals surface area contributed by atoms with Crippen molar-refractivity contribution in [1.82, 2.24) is 15.5 Å². The van der Waals surface area contributed by atoms with E-state index in [9.17, 15) is 4.79 Å². The molecule has 0 unspecified atom stereocenters. The zero-order valence-electron chi connectivity index (χ0n) is 16.2. The van der Waals surface area contributed by atoms with E-state index in [2.05, 4.69) is 20.8 Å².